The van der Waals surface area contributed by atoms with Gasteiger partial charge in [-0.25, -0.2) is 4.99 Å². The van der Waals surface area contributed by atoms with Crippen LogP contribution in [0.4, 0.5) is 11.4 Å². The molecule has 166 valence electrons. The number of hydrogen-bond acceptors (Lipinski definition) is 2. The molecular weight excluding hydrogens is 423 g/mol. The minimum atomic E-state index is -3.27. The van der Waals surface area contributed by atoms with Crippen LogP contribution in [0.1, 0.15) is 25.0 Å². The standard InChI is InChI=1S/C29H29N2OP/c1-3-24-15-11-13-21-28(24)30-23-31(29-22-14-12-16-25(29)4-2)33(32,26-17-7-5-8-18-26)27-19-9-6-10-20-27/h5-23H,3-4H2,1-2H3/b30-23+. The molecule has 0 spiro atoms. The zero-order valence-electron chi connectivity index (χ0n) is 19.1. The molecule has 0 N–H and O–H groups in total. The molecule has 3 nitrogen and oxygen atoms in total. The Bertz CT molecular complexity index is 1230. The van der Waals surface area contributed by atoms with Crippen LogP contribution < -0.4 is 15.3 Å². The predicted octanol–water partition coefficient (Wildman–Crippen LogP) is 6.91. The van der Waals surface area contributed by atoms with Crippen LogP contribution in [0.3, 0.4) is 0 Å². The molecule has 0 aromatic heterocycles. The Hall–Kier alpha value is -3.42. The fourth-order valence-corrected chi connectivity index (χ4v) is 6.67. The van der Waals surface area contributed by atoms with E-state index in [1.165, 1.54) is 0 Å². The van der Waals surface area contributed by atoms with Gasteiger partial charge in [0.1, 0.15) is 6.34 Å². The maximum Gasteiger partial charge on any atom is 0.234 e. The summed E-state index contributed by atoms with van der Waals surface area (Å²) in [5.74, 6) is 0. The van der Waals surface area contributed by atoms with Gasteiger partial charge >= 0.3 is 0 Å². The van der Waals surface area contributed by atoms with Crippen molar-refractivity contribution in [2.75, 3.05) is 4.67 Å². The minimum Gasteiger partial charge on any atom is -0.289 e. The fraction of sp³-hybridized carbons (Fsp3) is 0.138. The van der Waals surface area contributed by atoms with Gasteiger partial charge in [-0.15, -0.1) is 0 Å². The third-order valence-electron chi connectivity index (χ3n) is 5.81. The smallest absolute Gasteiger partial charge is 0.234 e. The Kier molecular flexibility index (Phi) is 7.22. The molecule has 0 saturated heterocycles. The average molecular weight is 453 g/mol. The maximum absolute atomic E-state index is 15.2. The second-order valence-electron chi connectivity index (χ2n) is 7.80. The van der Waals surface area contributed by atoms with Crippen LogP contribution >= 0.6 is 7.29 Å². The van der Waals surface area contributed by atoms with E-state index in [4.69, 9.17) is 4.99 Å². The van der Waals surface area contributed by atoms with Crippen molar-refractivity contribution >= 4 is 35.6 Å². The van der Waals surface area contributed by atoms with E-state index in [2.05, 4.69) is 26.0 Å². The van der Waals surface area contributed by atoms with Crippen molar-refractivity contribution in [1.82, 2.24) is 0 Å². The van der Waals surface area contributed by atoms with Crippen LogP contribution in [-0.4, -0.2) is 6.34 Å². The first-order chi connectivity index (χ1) is 16.2. The molecule has 0 fully saturated rings. The lowest BCUT2D eigenvalue weighted by Gasteiger charge is -2.32. The summed E-state index contributed by atoms with van der Waals surface area (Å²) in [6.07, 6.45) is 3.48. The number of rotatable bonds is 8. The summed E-state index contributed by atoms with van der Waals surface area (Å²) < 4.78 is 17.1. The third-order valence-corrected chi connectivity index (χ3v) is 8.74. The molecule has 0 unspecified atom stereocenters. The zero-order valence-corrected chi connectivity index (χ0v) is 20.0. The molecule has 0 aliphatic heterocycles. The van der Waals surface area contributed by atoms with Crippen molar-refractivity contribution in [1.29, 1.82) is 0 Å². The normalized spacial score (nSPS) is 11.6. The van der Waals surface area contributed by atoms with Gasteiger partial charge in [0.25, 0.3) is 0 Å². The first kappa shape index (κ1) is 22.8. The van der Waals surface area contributed by atoms with Crippen molar-refractivity contribution in [3.8, 4) is 0 Å². The third kappa shape index (κ3) is 4.69. The van der Waals surface area contributed by atoms with E-state index in [1.807, 2.05) is 102 Å². The summed E-state index contributed by atoms with van der Waals surface area (Å²) in [7, 11) is -3.27. The van der Waals surface area contributed by atoms with Gasteiger partial charge in [0.05, 0.1) is 11.4 Å². The molecule has 4 aromatic carbocycles. The van der Waals surface area contributed by atoms with Gasteiger partial charge in [0.2, 0.25) is 7.29 Å². The number of aryl methyl sites for hydroxylation is 2. The summed E-state index contributed by atoms with van der Waals surface area (Å²) in [6, 6.07) is 35.7. The summed E-state index contributed by atoms with van der Waals surface area (Å²) in [4.78, 5) is 4.87. The lowest BCUT2D eigenvalue weighted by atomic mass is 10.1. The molecule has 0 bridgehead atoms. The summed E-state index contributed by atoms with van der Waals surface area (Å²) >= 11 is 0. The highest BCUT2D eigenvalue weighted by Crippen LogP contribution is 2.50. The maximum atomic E-state index is 15.2. The van der Waals surface area contributed by atoms with Crippen molar-refractivity contribution < 1.29 is 4.57 Å². The van der Waals surface area contributed by atoms with Gasteiger partial charge in [0, 0.05) is 10.6 Å². The molecule has 33 heavy (non-hydrogen) atoms. The number of aliphatic imine (C=N–C) groups is 1. The Morgan fingerprint density at radius 3 is 1.73 bits per heavy atom. The van der Waals surface area contributed by atoms with Crippen LogP contribution in [0.5, 0.6) is 0 Å². The molecule has 0 heterocycles. The molecule has 0 atom stereocenters. The highest BCUT2D eigenvalue weighted by atomic mass is 31.2. The van der Waals surface area contributed by atoms with Gasteiger partial charge in [-0.3, -0.25) is 9.24 Å². The minimum absolute atomic E-state index is 0.775. The van der Waals surface area contributed by atoms with E-state index in [9.17, 15) is 0 Å². The van der Waals surface area contributed by atoms with Crippen molar-refractivity contribution in [3.63, 3.8) is 0 Å². The van der Waals surface area contributed by atoms with E-state index >= 15 is 4.57 Å². The first-order valence-electron chi connectivity index (χ1n) is 11.4. The van der Waals surface area contributed by atoms with Crippen LogP contribution in [0.15, 0.2) is 114 Å². The molecule has 4 aromatic rings. The Morgan fingerprint density at radius 2 is 1.15 bits per heavy atom. The molecule has 0 aliphatic rings. The summed E-state index contributed by atoms with van der Waals surface area (Å²) in [5, 5.41) is 1.55. The summed E-state index contributed by atoms with van der Waals surface area (Å²) in [6.45, 7) is 4.24. The second kappa shape index (κ2) is 10.5. The Balaban J connectivity index is 1.97. The lowest BCUT2D eigenvalue weighted by molar-refractivity contribution is 0.587. The van der Waals surface area contributed by atoms with Gasteiger partial charge < -0.3 is 0 Å². The number of anilines is 1. The second-order valence-corrected chi connectivity index (χ2v) is 10.4. The monoisotopic (exact) mass is 452 g/mol. The molecule has 4 heteroatoms. The number of benzene rings is 4. The van der Waals surface area contributed by atoms with E-state index < -0.39 is 7.29 Å². The SMILES string of the molecule is CCc1ccccc1/N=C/N(c1ccccc1CC)P(=O)(c1ccccc1)c1ccccc1. The largest absolute Gasteiger partial charge is 0.289 e. The van der Waals surface area contributed by atoms with Gasteiger partial charge in [-0.05, 0) is 60.4 Å². The van der Waals surface area contributed by atoms with Crippen molar-refractivity contribution in [3.05, 3.63) is 120 Å². The topological polar surface area (TPSA) is 32.7 Å². The molecule has 0 aliphatic carbocycles. The van der Waals surface area contributed by atoms with Crippen LogP contribution in [0, 0.1) is 0 Å². The zero-order chi connectivity index (χ0) is 23.1. The van der Waals surface area contributed by atoms with E-state index in [0.29, 0.717) is 0 Å². The molecule has 0 radical (unpaired) electrons. The van der Waals surface area contributed by atoms with Gasteiger partial charge in [-0.1, -0.05) is 86.6 Å². The highest BCUT2D eigenvalue weighted by molar-refractivity contribution is 7.80. The van der Waals surface area contributed by atoms with Crippen molar-refractivity contribution in [2.45, 2.75) is 26.7 Å². The van der Waals surface area contributed by atoms with Crippen LogP contribution in [0.25, 0.3) is 0 Å². The quantitative estimate of drug-likeness (QED) is 0.165. The molecule has 4 rings (SSSR count). The molecule has 0 saturated carbocycles. The van der Waals surface area contributed by atoms with Gasteiger partial charge in [-0.2, -0.15) is 0 Å². The number of hydrogen-bond donors (Lipinski definition) is 0. The summed E-state index contributed by atoms with van der Waals surface area (Å²) in [5.41, 5.74) is 4.09. The average Bonchev–Trinajstić information content (AvgIpc) is 2.90. The Labute approximate surface area is 196 Å². The molecular formula is C29H29N2OP. The van der Waals surface area contributed by atoms with Crippen LogP contribution in [-0.2, 0) is 17.4 Å². The number of nitrogens with zero attached hydrogens (tertiary/aromatic N) is 2. The highest BCUT2D eigenvalue weighted by Gasteiger charge is 2.35. The van der Waals surface area contributed by atoms with E-state index in [-0.39, 0.29) is 0 Å². The Morgan fingerprint density at radius 1 is 0.667 bits per heavy atom. The van der Waals surface area contributed by atoms with E-state index in [0.717, 1.165) is 46.0 Å². The predicted molar refractivity (Wildman–Crippen MR) is 142 cm³/mol. The lowest BCUT2D eigenvalue weighted by Crippen LogP contribution is -2.32. The first-order valence-corrected chi connectivity index (χ1v) is 13.1. The van der Waals surface area contributed by atoms with Crippen LogP contribution in [0.2, 0.25) is 0 Å². The molecule has 0 amide bonds. The number of para-hydroxylation sites is 2. The fourth-order valence-electron chi connectivity index (χ4n) is 4.03. The van der Waals surface area contributed by atoms with Gasteiger partial charge in [0.15, 0.2) is 0 Å². The van der Waals surface area contributed by atoms with E-state index in [1.54, 1.807) is 6.34 Å². The van der Waals surface area contributed by atoms with Crippen molar-refractivity contribution in [2.24, 2.45) is 4.99 Å².